The van der Waals surface area contributed by atoms with Gasteiger partial charge in [-0.15, -0.1) is 10.2 Å². The molecule has 0 aliphatic rings. The average molecular weight is 441 g/mol. The Hall–Kier alpha value is -2.67. The van der Waals surface area contributed by atoms with Gasteiger partial charge >= 0.3 is 0 Å². The molecule has 2 aromatic carbocycles. The zero-order valence-corrected chi connectivity index (χ0v) is 19.5. The Morgan fingerprint density at radius 3 is 2.35 bits per heavy atom. The summed E-state index contributed by atoms with van der Waals surface area (Å²) >= 11 is 1.53. The Morgan fingerprint density at radius 2 is 1.74 bits per heavy atom. The molecule has 7 heteroatoms. The lowest BCUT2D eigenvalue weighted by Crippen LogP contribution is -2.31. The fourth-order valence-electron chi connectivity index (χ4n) is 3.16. The predicted octanol–water partition coefficient (Wildman–Crippen LogP) is 5.62. The van der Waals surface area contributed by atoms with E-state index in [-0.39, 0.29) is 23.2 Å². The van der Waals surface area contributed by atoms with Crippen LogP contribution in [0.4, 0.5) is 4.39 Å². The van der Waals surface area contributed by atoms with E-state index in [0.717, 1.165) is 22.0 Å². The summed E-state index contributed by atoms with van der Waals surface area (Å²) in [6, 6.07) is 14.3. The molecular formula is C24H29FN4OS. The highest BCUT2D eigenvalue weighted by Gasteiger charge is 2.23. The standard InChI is InChI=1S/C24H29FN4OS/c1-16-6-12-20(13-7-16)29-22(17(2)26-21(30)14-24(3,4)5)27-28-23(29)31-15-18-8-10-19(25)11-9-18/h6-13,17H,14-15H2,1-5H3,(H,26,30). The molecule has 1 heterocycles. The number of aromatic nitrogens is 3. The number of aryl methyl sites for hydroxylation is 1. The number of benzene rings is 2. The van der Waals surface area contributed by atoms with E-state index in [1.807, 2.05) is 63.5 Å². The van der Waals surface area contributed by atoms with Crippen LogP contribution in [0.2, 0.25) is 0 Å². The Morgan fingerprint density at radius 1 is 1.10 bits per heavy atom. The molecule has 5 nitrogen and oxygen atoms in total. The van der Waals surface area contributed by atoms with Crippen LogP contribution in [0.5, 0.6) is 0 Å². The van der Waals surface area contributed by atoms with Crippen molar-refractivity contribution < 1.29 is 9.18 Å². The Labute approximate surface area is 187 Å². The first-order valence-electron chi connectivity index (χ1n) is 10.3. The molecular weight excluding hydrogens is 411 g/mol. The SMILES string of the molecule is Cc1ccc(-n2c(SCc3ccc(F)cc3)nnc2C(C)NC(=O)CC(C)(C)C)cc1. The summed E-state index contributed by atoms with van der Waals surface area (Å²) in [4.78, 5) is 12.5. The van der Waals surface area contributed by atoms with E-state index in [4.69, 9.17) is 0 Å². The lowest BCUT2D eigenvalue weighted by molar-refractivity contribution is -0.123. The van der Waals surface area contributed by atoms with Gasteiger partial charge in [0.15, 0.2) is 11.0 Å². The van der Waals surface area contributed by atoms with Gasteiger partial charge in [0, 0.05) is 17.9 Å². The lowest BCUT2D eigenvalue weighted by atomic mass is 9.92. The Balaban J connectivity index is 1.87. The molecule has 3 aromatic rings. The smallest absolute Gasteiger partial charge is 0.221 e. The molecule has 1 amide bonds. The van der Waals surface area contributed by atoms with E-state index in [1.165, 1.54) is 23.9 Å². The largest absolute Gasteiger partial charge is 0.346 e. The summed E-state index contributed by atoms with van der Waals surface area (Å²) in [5.41, 5.74) is 3.00. The van der Waals surface area contributed by atoms with E-state index in [2.05, 4.69) is 15.5 Å². The van der Waals surface area contributed by atoms with E-state index in [9.17, 15) is 9.18 Å². The number of amides is 1. The van der Waals surface area contributed by atoms with Crippen molar-refractivity contribution in [3.63, 3.8) is 0 Å². The quantitative estimate of drug-likeness (QED) is 0.485. The van der Waals surface area contributed by atoms with Crippen LogP contribution in [-0.4, -0.2) is 20.7 Å². The molecule has 0 radical (unpaired) electrons. The summed E-state index contributed by atoms with van der Waals surface area (Å²) < 4.78 is 15.2. The van der Waals surface area contributed by atoms with Crippen molar-refractivity contribution in [1.82, 2.24) is 20.1 Å². The number of carbonyl (C=O) groups excluding carboxylic acids is 1. The van der Waals surface area contributed by atoms with E-state index in [0.29, 0.717) is 18.0 Å². The van der Waals surface area contributed by atoms with Gasteiger partial charge in [-0.25, -0.2) is 4.39 Å². The van der Waals surface area contributed by atoms with Crippen LogP contribution >= 0.6 is 11.8 Å². The number of halogens is 1. The molecule has 1 atom stereocenters. The zero-order valence-electron chi connectivity index (χ0n) is 18.6. The maximum Gasteiger partial charge on any atom is 0.221 e. The fourth-order valence-corrected chi connectivity index (χ4v) is 4.07. The summed E-state index contributed by atoms with van der Waals surface area (Å²) in [6.45, 7) is 10.1. The van der Waals surface area contributed by atoms with Crippen molar-refractivity contribution in [2.75, 3.05) is 0 Å². The van der Waals surface area contributed by atoms with Gasteiger partial charge in [0.1, 0.15) is 5.82 Å². The van der Waals surface area contributed by atoms with Gasteiger partial charge in [-0.05, 0) is 49.1 Å². The van der Waals surface area contributed by atoms with Gasteiger partial charge in [0.05, 0.1) is 6.04 Å². The molecule has 1 aromatic heterocycles. The molecule has 0 aliphatic carbocycles. The number of carbonyl (C=O) groups is 1. The number of nitrogens with one attached hydrogen (secondary N) is 1. The lowest BCUT2D eigenvalue weighted by Gasteiger charge is -2.20. The second-order valence-electron chi connectivity index (χ2n) is 8.95. The first-order chi connectivity index (χ1) is 14.6. The molecule has 31 heavy (non-hydrogen) atoms. The monoisotopic (exact) mass is 440 g/mol. The van der Waals surface area contributed by atoms with E-state index in [1.54, 1.807) is 12.1 Å². The van der Waals surface area contributed by atoms with E-state index >= 15 is 0 Å². The summed E-state index contributed by atoms with van der Waals surface area (Å²) in [5, 5.41) is 12.6. The molecule has 1 unspecified atom stereocenters. The molecule has 0 bridgehead atoms. The number of hydrogen-bond acceptors (Lipinski definition) is 4. The topological polar surface area (TPSA) is 59.8 Å². The highest BCUT2D eigenvalue weighted by atomic mass is 32.2. The Kier molecular flexibility index (Phi) is 7.15. The van der Waals surface area contributed by atoms with Crippen molar-refractivity contribution in [2.24, 2.45) is 5.41 Å². The maximum atomic E-state index is 13.2. The normalized spacial score (nSPS) is 12.6. The molecule has 1 N–H and O–H groups in total. The van der Waals surface area contributed by atoms with Crippen LogP contribution in [-0.2, 0) is 10.5 Å². The molecule has 0 saturated heterocycles. The highest BCUT2D eigenvalue weighted by molar-refractivity contribution is 7.98. The minimum absolute atomic E-state index is 0.0148. The first-order valence-corrected chi connectivity index (χ1v) is 11.3. The second kappa shape index (κ2) is 9.64. The van der Waals surface area contributed by atoms with E-state index < -0.39 is 0 Å². The minimum atomic E-state index is -0.302. The summed E-state index contributed by atoms with van der Waals surface area (Å²) in [5.74, 6) is 1.04. The zero-order chi connectivity index (χ0) is 22.6. The van der Waals surface area contributed by atoms with Crippen molar-refractivity contribution >= 4 is 17.7 Å². The molecule has 3 rings (SSSR count). The van der Waals surface area contributed by atoms with Crippen molar-refractivity contribution in [2.45, 2.75) is 58.0 Å². The van der Waals surface area contributed by atoms with Crippen molar-refractivity contribution in [1.29, 1.82) is 0 Å². The van der Waals surface area contributed by atoms with Crippen molar-refractivity contribution in [3.8, 4) is 5.69 Å². The third-order valence-corrected chi connectivity index (χ3v) is 5.69. The third kappa shape index (κ3) is 6.40. The number of hydrogen-bond donors (Lipinski definition) is 1. The van der Waals surface area contributed by atoms with Gasteiger partial charge in [-0.2, -0.15) is 0 Å². The molecule has 0 aliphatic heterocycles. The van der Waals surface area contributed by atoms with Crippen LogP contribution in [0.15, 0.2) is 53.7 Å². The van der Waals surface area contributed by atoms with Crippen LogP contribution in [0.1, 0.15) is 57.1 Å². The fraction of sp³-hybridized carbons (Fsp3) is 0.375. The van der Waals surface area contributed by atoms with Crippen LogP contribution in [0.25, 0.3) is 5.69 Å². The second-order valence-corrected chi connectivity index (χ2v) is 9.90. The van der Waals surface area contributed by atoms with Crippen LogP contribution in [0, 0.1) is 18.2 Å². The molecule has 0 saturated carbocycles. The Bertz CT molecular complexity index is 1020. The first kappa shape index (κ1) is 23.0. The molecule has 0 fully saturated rings. The van der Waals surface area contributed by atoms with Gasteiger partial charge in [-0.1, -0.05) is 62.4 Å². The number of nitrogens with zero attached hydrogens (tertiary/aromatic N) is 3. The summed E-state index contributed by atoms with van der Waals surface area (Å²) in [6.07, 6.45) is 0.433. The van der Waals surface area contributed by atoms with Crippen molar-refractivity contribution in [3.05, 3.63) is 71.3 Å². The molecule has 164 valence electrons. The maximum absolute atomic E-state index is 13.2. The van der Waals surface area contributed by atoms with Crippen LogP contribution in [0.3, 0.4) is 0 Å². The molecule has 0 spiro atoms. The number of thioether (sulfide) groups is 1. The average Bonchev–Trinajstić information content (AvgIpc) is 3.10. The minimum Gasteiger partial charge on any atom is -0.346 e. The van der Waals surface area contributed by atoms with Gasteiger partial charge in [0.2, 0.25) is 5.91 Å². The van der Waals surface area contributed by atoms with Crippen LogP contribution < -0.4 is 5.32 Å². The third-order valence-electron chi connectivity index (χ3n) is 4.69. The predicted molar refractivity (Wildman–Crippen MR) is 123 cm³/mol. The van der Waals surface area contributed by atoms with Gasteiger partial charge < -0.3 is 5.32 Å². The van der Waals surface area contributed by atoms with Gasteiger partial charge in [-0.3, -0.25) is 9.36 Å². The van der Waals surface area contributed by atoms with Gasteiger partial charge in [0.25, 0.3) is 0 Å². The number of rotatable bonds is 7. The highest BCUT2D eigenvalue weighted by Crippen LogP contribution is 2.28. The summed E-state index contributed by atoms with van der Waals surface area (Å²) in [7, 11) is 0.